The van der Waals surface area contributed by atoms with Crippen molar-refractivity contribution in [2.45, 2.75) is 33.2 Å². The third-order valence-electron chi connectivity index (χ3n) is 3.32. The molecule has 1 aliphatic rings. The molecule has 1 saturated heterocycles. The molecule has 1 aromatic rings. The second-order valence-electron chi connectivity index (χ2n) is 4.80. The van der Waals surface area contributed by atoms with Crippen molar-refractivity contribution in [3.8, 4) is 0 Å². The molecule has 0 spiro atoms. The van der Waals surface area contributed by atoms with Gasteiger partial charge in [-0.1, -0.05) is 18.6 Å². The molecule has 1 aromatic heterocycles. The predicted molar refractivity (Wildman–Crippen MR) is 74.9 cm³/mol. The van der Waals surface area contributed by atoms with Crippen molar-refractivity contribution in [3.05, 3.63) is 11.4 Å². The van der Waals surface area contributed by atoms with Crippen molar-refractivity contribution in [2.24, 2.45) is 0 Å². The Kier molecular flexibility index (Phi) is 5.13. The first-order valence-corrected chi connectivity index (χ1v) is 7.29. The average Bonchev–Trinajstić information content (AvgIpc) is 3.04. The average molecular weight is 295 g/mol. The molecule has 2 rings (SSSR count). The summed E-state index contributed by atoms with van der Waals surface area (Å²) in [6, 6.07) is -0.0576. The number of carbonyl (C=O) groups is 2. The van der Waals surface area contributed by atoms with Gasteiger partial charge >= 0.3 is 12.0 Å². The number of hydrogen-bond acceptors (Lipinski definition) is 5. The maximum Gasteiger partial charge on any atom is 0.360 e. The Hall–Kier alpha value is -2.12. The van der Waals surface area contributed by atoms with Crippen LogP contribution in [-0.2, 0) is 17.7 Å². The van der Waals surface area contributed by atoms with Gasteiger partial charge in [0, 0.05) is 19.6 Å². The minimum atomic E-state index is -0.439. The number of esters is 1. The molecular weight excluding hydrogens is 274 g/mol. The summed E-state index contributed by atoms with van der Waals surface area (Å²) in [6.07, 6.45) is 1.58. The molecule has 0 saturated carbocycles. The molecule has 1 aliphatic heterocycles. The van der Waals surface area contributed by atoms with Gasteiger partial charge in [0.2, 0.25) is 0 Å². The van der Waals surface area contributed by atoms with Crippen LogP contribution in [0.15, 0.2) is 0 Å². The standard InChI is InChI=1S/C13H21N5O3/c1-3-5-10-11(12(19)21-4-2)15-16-18(10)9-8-17-7-6-14-13(17)20/h3-9H2,1-2H3,(H,14,20). The van der Waals surface area contributed by atoms with Crippen LogP contribution in [0.1, 0.15) is 36.5 Å². The molecule has 1 N–H and O–H groups in total. The van der Waals surface area contributed by atoms with Crippen molar-refractivity contribution in [2.75, 3.05) is 26.2 Å². The van der Waals surface area contributed by atoms with E-state index in [-0.39, 0.29) is 11.7 Å². The minimum Gasteiger partial charge on any atom is -0.461 e. The van der Waals surface area contributed by atoms with Crippen LogP contribution in [0.3, 0.4) is 0 Å². The first kappa shape index (κ1) is 15.3. The molecule has 2 amide bonds. The Morgan fingerprint density at radius 1 is 1.38 bits per heavy atom. The van der Waals surface area contributed by atoms with Crippen molar-refractivity contribution in [3.63, 3.8) is 0 Å². The first-order chi connectivity index (χ1) is 10.2. The number of ether oxygens (including phenoxy) is 1. The number of urea groups is 1. The fourth-order valence-corrected chi connectivity index (χ4v) is 2.29. The van der Waals surface area contributed by atoms with E-state index in [4.69, 9.17) is 4.74 Å². The summed E-state index contributed by atoms with van der Waals surface area (Å²) in [5, 5.41) is 10.7. The quantitative estimate of drug-likeness (QED) is 0.737. The van der Waals surface area contributed by atoms with Gasteiger partial charge in [-0.3, -0.25) is 0 Å². The number of rotatable bonds is 7. The van der Waals surface area contributed by atoms with Gasteiger partial charge in [0.15, 0.2) is 5.69 Å². The van der Waals surface area contributed by atoms with Crippen molar-refractivity contribution < 1.29 is 14.3 Å². The topological polar surface area (TPSA) is 89.3 Å². The zero-order valence-electron chi connectivity index (χ0n) is 12.5. The van der Waals surface area contributed by atoms with E-state index in [9.17, 15) is 9.59 Å². The van der Waals surface area contributed by atoms with E-state index in [1.165, 1.54) is 0 Å². The van der Waals surface area contributed by atoms with Gasteiger partial charge in [-0.15, -0.1) is 5.10 Å². The summed E-state index contributed by atoms with van der Waals surface area (Å²) in [6.45, 7) is 6.54. The van der Waals surface area contributed by atoms with Crippen LogP contribution in [0.25, 0.3) is 0 Å². The summed E-state index contributed by atoms with van der Waals surface area (Å²) in [4.78, 5) is 25.1. The molecule has 0 unspecified atom stereocenters. The van der Waals surface area contributed by atoms with Crippen LogP contribution in [0.5, 0.6) is 0 Å². The molecule has 0 bridgehead atoms. The molecule has 0 atom stereocenters. The second kappa shape index (κ2) is 7.05. The Bertz CT molecular complexity index is 514. The van der Waals surface area contributed by atoms with E-state index < -0.39 is 5.97 Å². The summed E-state index contributed by atoms with van der Waals surface area (Å²) in [5.41, 5.74) is 1.06. The molecule has 116 valence electrons. The largest absolute Gasteiger partial charge is 0.461 e. The van der Waals surface area contributed by atoms with Crippen LogP contribution in [-0.4, -0.2) is 58.1 Å². The first-order valence-electron chi connectivity index (χ1n) is 7.29. The Morgan fingerprint density at radius 3 is 2.81 bits per heavy atom. The Labute approximate surface area is 123 Å². The number of carbonyl (C=O) groups excluding carboxylic acids is 2. The SMILES string of the molecule is CCCc1c(C(=O)OCC)nnn1CCN1CCNC1=O. The highest BCUT2D eigenvalue weighted by Crippen LogP contribution is 2.11. The zero-order chi connectivity index (χ0) is 15.2. The minimum absolute atomic E-state index is 0.0576. The number of nitrogens with one attached hydrogen (secondary N) is 1. The molecule has 21 heavy (non-hydrogen) atoms. The molecule has 8 heteroatoms. The van der Waals surface area contributed by atoms with E-state index in [1.807, 2.05) is 6.92 Å². The number of amides is 2. The van der Waals surface area contributed by atoms with Gasteiger partial charge < -0.3 is 15.0 Å². The smallest absolute Gasteiger partial charge is 0.360 e. The highest BCUT2D eigenvalue weighted by atomic mass is 16.5. The van der Waals surface area contributed by atoms with E-state index in [2.05, 4.69) is 15.6 Å². The van der Waals surface area contributed by atoms with E-state index >= 15 is 0 Å². The summed E-state index contributed by atoms with van der Waals surface area (Å²) >= 11 is 0. The summed E-state index contributed by atoms with van der Waals surface area (Å²) in [5.74, 6) is -0.439. The maximum atomic E-state index is 11.9. The lowest BCUT2D eigenvalue weighted by atomic mass is 10.2. The monoisotopic (exact) mass is 295 g/mol. The van der Waals surface area contributed by atoms with Crippen LogP contribution in [0.4, 0.5) is 4.79 Å². The molecular formula is C13H21N5O3. The van der Waals surface area contributed by atoms with Gasteiger partial charge in [0.05, 0.1) is 18.8 Å². The van der Waals surface area contributed by atoms with Crippen LogP contribution in [0, 0.1) is 0 Å². The maximum absolute atomic E-state index is 11.9. The predicted octanol–water partition coefficient (Wildman–Crippen LogP) is 0.433. The number of aromatic nitrogens is 3. The normalized spacial score (nSPS) is 14.4. The molecule has 0 radical (unpaired) electrons. The van der Waals surface area contributed by atoms with Crippen LogP contribution >= 0.6 is 0 Å². The lowest BCUT2D eigenvalue weighted by molar-refractivity contribution is 0.0518. The lowest BCUT2D eigenvalue weighted by Gasteiger charge is -2.14. The highest BCUT2D eigenvalue weighted by molar-refractivity contribution is 5.88. The van der Waals surface area contributed by atoms with Gasteiger partial charge in [-0.05, 0) is 13.3 Å². The molecule has 8 nitrogen and oxygen atoms in total. The van der Waals surface area contributed by atoms with Gasteiger partial charge in [-0.25, -0.2) is 14.3 Å². The van der Waals surface area contributed by atoms with Crippen molar-refractivity contribution in [1.82, 2.24) is 25.2 Å². The fourth-order valence-electron chi connectivity index (χ4n) is 2.29. The third-order valence-corrected chi connectivity index (χ3v) is 3.32. The molecule has 1 fully saturated rings. The number of hydrogen-bond donors (Lipinski definition) is 1. The zero-order valence-corrected chi connectivity index (χ0v) is 12.5. The lowest BCUT2D eigenvalue weighted by Crippen LogP contribution is -2.31. The van der Waals surface area contributed by atoms with Crippen LogP contribution < -0.4 is 5.32 Å². The van der Waals surface area contributed by atoms with Gasteiger partial charge in [-0.2, -0.15) is 0 Å². The van der Waals surface area contributed by atoms with Crippen molar-refractivity contribution >= 4 is 12.0 Å². The molecule has 0 aliphatic carbocycles. The number of nitrogens with zero attached hydrogens (tertiary/aromatic N) is 4. The molecule has 2 heterocycles. The van der Waals surface area contributed by atoms with Gasteiger partial charge in [0.25, 0.3) is 0 Å². The van der Waals surface area contributed by atoms with Gasteiger partial charge in [0.1, 0.15) is 0 Å². The van der Waals surface area contributed by atoms with Crippen LogP contribution in [0.2, 0.25) is 0 Å². The second-order valence-corrected chi connectivity index (χ2v) is 4.80. The van der Waals surface area contributed by atoms with E-state index in [1.54, 1.807) is 16.5 Å². The summed E-state index contributed by atoms with van der Waals surface area (Å²) in [7, 11) is 0. The Morgan fingerprint density at radius 2 is 2.19 bits per heavy atom. The summed E-state index contributed by atoms with van der Waals surface area (Å²) < 4.78 is 6.69. The van der Waals surface area contributed by atoms with Crippen molar-refractivity contribution in [1.29, 1.82) is 0 Å². The Balaban J connectivity index is 2.07. The highest BCUT2D eigenvalue weighted by Gasteiger charge is 2.22. The molecule has 0 aromatic carbocycles. The third kappa shape index (κ3) is 3.50. The fraction of sp³-hybridized carbons (Fsp3) is 0.692. The van der Waals surface area contributed by atoms with E-state index in [0.717, 1.165) is 12.1 Å². The van der Waals surface area contributed by atoms with E-state index in [0.29, 0.717) is 39.2 Å².